The lowest BCUT2D eigenvalue weighted by atomic mass is 9.89. The highest BCUT2D eigenvalue weighted by molar-refractivity contribution is 5.28. The summed E-state index contributed by atoms with van der Waals surface area (Å²) in [5.74, 6) is 0. The van der Waals surface area contributed by atoms with Crippen LogP contribution >= 0.6 is 0 Å². The number of aliphatic hydroxyl groups is 1. The molecule has 18 heavy (non-hydrogen) atoms. The van der Waals surface area contributed by atoms with Gasteiger partial charge in [0.1, 0.15) is 0 Å². The Morgan fingerprint density at radius 3 is 2.56 bits per heavy atom. The van der Waals surface area contributed by atoms with Crippen LogP contribution in [0.3, 0.4) is 0 Å². The Labute approximate surface area is 111 Å². The Balaban J connectivity index is 2.34. The quantitative estimate of drug-likeness (QED) is 0.725. The van der Waals surface area contributed by atoms with Crippen LogP contribution in [0.1, 0.15) is 50.8 Å². The van der Waals surface area contributed by atoms with Crippen LogP contribution in [0.25, 0.3) is 0 Å². The van der Waals surface area contributed by atoms with Crippen molar-refractivity contribution in [3.8, 4) is 0 Å². The molecule has 2 nitrogen and oxygen atoms in total. The van der Waals surface area contributed by atoms with E-state index in [4.69, 9.17) is 0 Å². The smallest absolute Gasteiger partial charge is 0.0482 e. The summed E-state index contributed by atoms with van der Waals surface area (Å²) in [4.78, 5) is 0. The Hall–Kier alpha value is -0.860. The van der Waals surface area contributed by atoms with E-state index >= 15 is 0 Å². The number of aryl methyl sites for hydroxylation is 1. The molecular weight excluding hydrogens is 222 g/mol. The monoisotopic (exact) mass is 249 g/mol. The first-order chi connectivity index (χ1) is 8.46. The predicted octanol–water partition coefficient (Wildman–Crippen LogP) is 3.44. The first-order valence-corrected chi connectivity index (χ1v) is 6.86. The molecule has 0 aliphatic rings. The van der Waals surface area contributed by atoms with E-state index in [0.29, 0.717) is 6.04 Å². The fraction of sp³-hybridized carbons (Fsp3) is 0.625. The van der Waals surface area contributed by atoms with Crippen LogP contribution in [-0.2, 0) is 0 Å². The van der Waals surface area contributed by atoms with E-state index in [1.54, 1.807) is 0 Å². The number of rotatable bonds is 7. The number of hydrogen-bond donors (Lipinski definition) is 2. The summed E-state index contributed by atoms with van der Waals surface area (Å²) in [6.45, 7) is 9.84. The molecule has 1 rings (SSSR count). The zero-order valence-corrected chi connectivity index (χ0v) is 12.2. The normalized spacial score (nSPS) is 13.6. The van der Waals surface area contributed by atoms with E-state index in [1.807, 2.05) is 0 Å². The van der Waals surface area contributed by atoms with Crippen molar-refractivity contribution in [1.29, 1.82) is 0 Å². The van der Waals surface area contributed by atoms with E-state index in [2.05, 4.69) is 57.3 Å². The molecule has 0 aromatic heterocycles. The van der Waals surface area contributed by atoms with Crippen LogP contribution < -0.4 is 5.32 Å². The van der Waals surface area contributed by atoms with Gasteiger partial charge in [0, 0.05) is 12.6 Å². The Morgan fingerprint density at radius 1 is 1.28 bits per heavy atom. The van der Waals surface area contributed by atoms with Crippen LogP contribution in [0.4, 0.5) is 0 Å². The average Bonchev–Trinajstić information content (AvgIpc) is 2.35. The highest BCUT2D eigenvalue weighted by Crippen LogP contribution is 2.21. The standard InChI is InChI=1S/C16H27NO/c1-13-8-5-6-9-15(13)14(2)17-11-7-10-16(3,4)12-18/h5-6,8-9,14,17-18H,7,10-12H2,1-4H3. The van der Waals surface area contributed by atoms with Crippen LogP contribution in [-0.4, -0.2) is 18.3 Å². The second-order valence-corrected chi connectivity index (χ2v) is 5.96. The van der Waals surface area contributed by atoms with E-state index < -0.39 is 0 Å². The lowest BCUT2D eigenvalue weighted by Gasteiger charge is -2.22. The maximum Gasteiger partial charge on any atom is 0.0482 e. The molecule has 0 radical (unpaired) electrons. The molecule has 2 heteroatoms. The van der Waals surface area contributed by atoms with Crippen LogP contribution in [0, 0.1) is 12.3 Å². The van der Waals surface area contributed by atoms with Crippen molar-refractivity contribution >= 4 is 0 Å². The molecule has 102 valence electrons. The Morgan fingerprint density at radius 2 is 1.94 bits per heavy atom. The summed E-state index contributed by atoms with van der Waals surface area (Å²) in [6, 6.07) is 8.90. The lowest BCUT2D eigenvalue weighted by molar-refractivity contribution is 0.147. The number of nitrogens with one attached hydrogen (secondary N) is 1. The fourth-order valence-corrected chi connectivity index (χ4v) is 2.15. The fourth-order valence-electron chi connectivity index (χ4n) is 2.15. The molecule has 0 aliphatic heterocycles. The molecule has 1 aromatic rings. The maximum absolute atomic E-state index is 9.20. The number of hydrogen-bond acceptors (Lipinski definition) is 2. The number of benzene rings is 1. The maximum atomic E-state index is 9.20. The summed E-state index contributed by atoms with van der Waals surface area (Å²) < 4.78 is 0. The van der Waals surface area contributed by atoms with Crippen molar-refractivity contribution in [2.45, 2.75) is 46.6 Å². The second-order valence-electron chi connectivity index (χ2n) is 5.96. The van der Waals surface area contributed by atoms with Gasteiger partial charge in [0.05, 0.1) is 0 Å². The molecule has 0 bridgehead atoms. The minimum atomic E-state index is 0.0492. The van der Waals surface area contributed by atoms with Gasteiger partial charge in [-0.1, -0.05) is 38.1 Å². The average molecular weight is 249 g/mol. The van der Waals surface area contributed by atoms with Crippen molar-refractivity contribution < 1.29 is 5.11 Å². The SMILES string of the molecule is Cc1ccccc1C(C)NCCCC(C)(C)CO. The molecule has 0 aliphatic carbocycles. The van der Waals surface area contributed by atoms with Gasteiger partial charge in [-0.25, -0.2) is 0 Å². The van der Waals surface area contributed by atoms with Gasteiger partial charge in [0.2, 0.25) is 0 Å². The summed E-state index contributed by atoms with van der Waals surface area (Å²) in [5.41, 5.74) is 2.76. The van der Waals surface area contributed by atoms with Gasteiger partial charge in [-0.2, -0.15) is 0 Å². The van der Waals surface area contributed by atoms with E-state index in [1.165, 1.54) is 11.1 Å². The minimum absolute atomic E-state index is 0.0492. The third-order valence-corrected chi connectivity index (χ3v) is 3.56. The molecule has 1 aromatic carbocycles. The van der Waals surface area contributed by atoms with Crippen LogP contribution in [0.5, 0.6) is 0 Å². The van der Waals surface area contributed by atoms with Crippen molar-refractivity contribution in [2.24, 2.45) is 5.41 Å². The first kappa shape index (κ1) is 15.2. The molecule has 1 unspecified atom stereocenters. The molecule has 0 saturated heterocycles. The van der Waals surface area contributed by atoms with Crippen molar-refractivity contribution in [1.82, 2.24) is 5.32 Å². The molecule has 2 N–H and O–H groups in total. The van der Waals surface area contributed by atoms with Crippen LogP contribution in [0.2, 0.25) is 0 Å². The molecule has 0 heterocycles. The van der Waals surface area contributed by atoms with Gasteiger partial charge in [-0.05, 0) is 49.8 Å². The third kappa shape index (κ3) is 4.79. The Kier molecular flexibility index (Phi) is 5.83. The molecule has 0 amide bonds. The highest BCUT2D eigenvalue weighted by atomic mass is 16.3. The zero-order valence-electron chi connectivity index (χ0n) is 12.2. The molecule has 0 spiro atoms. The van der Waals surface area contributed by atoms with Crippen LogP contribution in [0.15, 0.2) is 24.3 Å². The zero-order chi connectivity index (χ0) is 13.6. The Bertz CT molecular complexity index is 360. The summed E-state index contributed by atoms with van der Waals surface area (Å²) in [7, 11) is 0. The molecule has 0 saturated carbocycles. The number of aliphatic hydroxyl groups excluding tert-OH is 1. The van der Waals surface area contributed by atoms with Gasteiger partial charge in [-0.15, -0.1) is 0 Å². The minimum Gasteiger partial charge on any atom is -0.396 e. The van der Waals surface area contributed by atoms with Gasteiger partial charge in [0.15, 0.2) is 0 Å². The van der Waals surface area contributed by atoms with Crippen molar-refractivity contribution in [3.05, 3.63) is 35.4 Å². The van der Waals surface area contributed by atoms with Gasteiger partial charge >= 0.3 is 0 Å². The largest absolute Gasteiger partial charge is 0.396 e. The van der Waals surface area contributed by atoms with Gasteiger partial charge < -0.3 is 10.4 Å². The summed E-state index contributed by atoms with van der Waals surface area (Å²) in [5, 5.41) is 12.8. The van der Waals surface area contributed by atoms with Crippen molar-refractivity contribution in [3.63, 3.8) is 0 Å². The van der Waals surface area contributed by atoms with Gasteiger partial charge in [0.25, 0.3) is 0 Å². The van der Waals surface area contributed by atoms with Crippen molar-refractivity contribution in [2.75, 3.05) is 13.2 Å². The van der Waals surface area contributed by atoms with E-state index in [-0.39, 0.29) is 12.0 Å². The highest BCUT2D eigenvalue weighted by Gasteiger charge is 2.15. The third-order valence-electron chi connectivity index (χ3n) is 3.56. The summed E-state index contributed by atoms with van der Waals surface area (Å²) in [6.07, 6.45) is 2.15. The van der Waals surface area contributed by atoms with E-state index in [9.17, 15) is 5.11 Å². The molecule has 0 fully saturated rings. The first-order valence-electron chi connectivity index (χ1n) is 6.86. The summed E-state index contributed by atoms with van der Waals surface area (Å²) >= 11 is 0. The second kappa shape index (κ2) is 6.91. The topological polar surface area (TPSA) is 32.3 Å². The van der Waals surface area contributed by atoms with Gasteiger partial charge in [-0.3, -0.25) is 0 Å². The predicted molar refractivity (Wildman–Crippen MR) is 77.7 cm³/mol. The molecule has 1 atom stereocenters. The molecular formula is C16H27NO. The van der Waals surface area contributed by atoms with E-state index in [0.717, 1.165) is 19.4 Å². The lowest BCUT2D eigenvalue weighted by Crippen LogP contribution is -2.23.